The molecule has 0 radical (unpaired) electrons. The van der Waals surface area contributed by atoms with Crippen molar-refractivity contribution in [1.29, 1.82) is 0 Å². The Morgan fingerprint density at radius 2 is 1.97 bits per heavy atom. The van der Waals surface area contributed by atoms with Gasteiger partial charge >= 0.3 is 5.97 Å². The van der Waals surface area contributed by atoms with Crippen LogP contribution in [0.2, 0.25) is 0 Å². The molecule has 0 saturated heterocycles. The zero-order valence-electron chi connectivity index (χ0n) is 18.0. The molecular weight excluding hydrogens is 387 g/mol. The number of aromatic nitrogens is 1. The van der Waals surface area contributed by atoms with Crippen LogP contribution in [0.25, 0.3) is 0 Å². The third-order valence-corrected chi connectivity index (χ3v) is 5.15. The molecule has 0 fully saturated rings. The average molecular weight is 414 g/mol. The Balaban J connectivity index is 2.45. The molecular formula is C23H27FN2O4. The van der Waals surface area contributed by atoms with Gasteiger partial charge in [0.2, 0.25) is 0 Å². The van der Waals surface area contributed by atoms with Crippen LogP contribution in [0.15, 0.2) is 36.9 Å². The average Bonchev–Trinajstić information content (AvgIpc) is 2.93. The molecule has 1 aromatic carbocycles. The maximum absolute atomic E-state index is 13.6. The van der Waals surface area contributed by atoms with E-state index in [0.717, 1.165) is 6.07 Å². The largest absolute Gasteiger partial charge is 0.461 e. The van der Waals surface area contributed by atoms with Crippen molar-refractivity contribution in [2.75, 3.05) is 13.2 Å². The minimum Gasteiger partial charge on any atom is -0.461 e. The highest BCUT2D eigenvalue weighted by Gasteiger charge is 2.32. The number of rotatable bonds is 8. The molecule has 7 heteroatoms. The third-order valence-electron chi connectivity index (χ3n) is 5.15. The molecule has 30 heavy (non-hydrogen) atoms. The number of nitrogens with zero attached hydrogens (tertiary/aromatic N) is 2. The highest BCUT2D eigenvalue weighted by Crippen LogP contribution is 2.25. The second-order valence-electron chi connectivity index (χ2n) is 7.01. The summed E-state index contributed by atoms with van der Waals surface area (Å²) in [5.74, 6) is -1.84. The molecule has 0 aliphatic heterocycles. The summed E-state index contributed by atoms with van der Waals surface area (Å²) in [6.07, 6.45) is 1.51. The first-order valence-electron chi connectivity index (χ1n) is 9.70. The zero-order chi connectivity index (χ0) is 22.6. The van der Waals surface area contributed by atoms with Crippen molar-refractivity contribution in [3.63, 3.8) is 0 Å². The Morgan fingerprint density at radius 1 is 1.30 bits per heavy atom. The fourth-order valence-electron chi connectivity index (χ4n) is 3.52. The van der Waals surface area contributed by atoms with E-state index in [4.69, 9.17) is 4.74 Å². The molecule has 1 amide bonds. The summed E-state index contributed by atoms with van der Waals surface area (Å²) in [5.41, 5.74) is 1.92. The summed E-state index contributed by atoms with van der Waals surface area (Å²) in [6, 6.07) is 4.47. The van der Waals surface area contributed by atoms with Crippen molar-refractivity contribution < 1.29 is 23.5 Å². The van der Waals surface area contributed by atoms with Gasteiger partial charge in [-0.15, -0.1) is 6.58 Å². The zero-order valence-corrected chi connectivity index (χ0v) is 18.0. The first-order chi connectivity index (χ1) is 14.1. The number of ketones is 1. The molecule has 2 aromatic rings. The SMILES string of the molecule is C=CCN(C(=O)c1cccc(F)c1)C(C)C(=O)c1c(C)c(C(=O)OCC)n(C)c1C. The molecule has 1 unspecified atom stereocenters. The number of carbonyl (C=O) groups is 3. The van der Waals surface area contributed by atoms with Crippen molar-refractivity contribution in [1.82, 2.24) is 9.47 Å². The molecule has 1 aromatic heterocycles. The Bertz CT molecular complexity index is 993. The number of hydrogen-bond donors (Lipinski definition) is 0. The van der Waals surface area contributed by atoms with Gasteiger partial charge in [0.1, 0.15) is 11.5 Å². The van der Waals surface area contributed by atoms with Crippen LogP contribution in [0.5, 0.6) is 0 Å². The van der Waals surface area contributed by atoms with E-state index in [1.807, 2.05) is 0 Å². The fourth-order valence-corrected chi connectivity index (χ4v) is 3.52. The van der Waals surface area contributed by atoms with Crippen LogP contribution in [0.1, 0.15) is 56.3 Å². The smallest absolute Gasteiger partial charge is 0.355 e. The second kappa shape index (κ2) is 9.52. The van der Waals surface area contributed by atoms with E-state index in [2.05, 4.69) is 6.58 Å². The van der Waals surface area contributed by atoms with E-state index in [0.29, 0.717) is 22.5 Å². The first-order valence-corrected chi connectivity index (χ1v) is 9.70. The topological polar surface area (TPSA) is 68.6 Å². The molecule has 0 N–H and O–H groups in total. The minimum absolute atomic E-state index is 0.109. The van der Waals surface area contributed by atoms with Crippen LogP contribution in [0, 0.1) is 19.7 Å². The van der Waals surface area contributed by atoms with Crippen LogP contribution in [0.4, 0.5) is 4.39 Å². The number of Topliss-reactive ketones (excluding diaryl/α,β-unsaturated/α-hetero) is 1. The molecule has 160 valence electrons. The van der Waals surface area contributed by atoms with Gasteiger partial charge in [-0.25, -0.2) is 9.18 Å². The third kappa shape index (κ3) is 4.35. The number of amides is 1. The van der Waals surface area contributed by atoms with Crippen LogP contribution in [0.3, 0.4) is 0 Å². The van der Waals surface area contributed by atoms with Crippen molar-refractivity contribution in [3.05, 3.63) is 70.8 Å². The Hall–Kier alpha value is -3.22. The predicted octanol–water partition coefficient (Wildman–Crippen LogP) is 3.86. The van der Waals surface area contributed by atoms with Gasteiger partial charge < -0.3 is 14.2 Å². The number of hydrogen-bond acceptors (Lipinski definition) is 4. The lowest BCUT2D eigenvalue weighted by molar-refractivity contribution is 0.0513. The standard InChI is InChI=1S/C23H27FN2O4/c1-7-12-26(22(28)17-10-9-11-18(24)13-17)16(5)21(27)19-14(3)20(23(29)30-8-2)25(6)15(19)4/h7,9-11,13,16H,1,8,12H2,2-6H3. The highest BCUT2D eigenvalue weighted by atomic mass is 19.1. The Kier molecular flexibility index (Phi) is 7.32. The van der Waals surface area contributed by atoms with E-state index in [1.54, 1.807) is 39.3 Å². The molecule has 1 atom stereocenters. The normalized spacial score (nSPS) is 11.7. The van der Waals surface area contributed by atoms with Gasteiger partial charge in [0.25, 0.3) is 5.91 Å². The number of carbonyl (C=O) groups excluding carboxylic acids is 3. The summed E-state index contributed by atoms with van der Waals surface area (Å²) in [5, 5.41) is 0. The molecule has 0 aliphatic rings. The van der Waals surface area contributed by atoms with Gasteiger partial charge in [-0.2, -0.15) is 0 Å². The molecule has 0 bridgehead atoms. The van der Waals surface area contributed by atoms with Crippen LogP contribution in [-0.2, 0) is 11.8 Å². The Morgan fingerprint density at radius 3 is 2.53 bits per heavy atom. The van der Waals surface area contributed by atoms with Gasteiger partial charge in [-0.05, 0) is 51.5 Å². The van der Waals surface area contributed by atoms with Gasteiger partial charge in [0.15, 0.2) is 5.78 Å². The quantitative estimate of drug-likeness (QED) is 0.374. The lowest BCUT2D eigenvalue weighted by Gasteiger charge is -2.27. The van der Waals surface area contributed by atoms with Crippen molar-refractivity contribution >= 4 is 17.7 Å². The van der Waals surface area contributed by atoms with Gasteiger partial charge in [0, 0.05) is 30.4 Å². The molecule has 1 heterocycles. The molecule has 2 rings (SSSR count). The fraction of sp³-hybridized carbons (Fsp3) is 0.348. The number of benzene rings is 1. The second-order valence-corrected chi connectivity index (χ2v) is 7.01. The van der Waals surface area contributed by atoms with Gasteiger partial charge in [-0.3, -0.25) is 9.59 Å². The number of esters is 1. The molecule has 0 aliphatic carbocycles. The predicted molar refractivity (Wildman–Crippen MR) is 112 cm³/mol. The summed E-state index contributed by atoms with van der Waals surface area (Å²) < 4.78 is 20.3. The van der Waals surface area contributed by atoms with Crippen molar-refractivity contribution in [2.45, 2.75) is 33.7 Å². The lowest BCUT2D eigenvalue weighted by Crippen LogP contribution is -2.43. The lowest BCUT2D eigenvalue weighted by atomic mass is 9.99. The summed E-state index contributed by atoms with van der Waals surface area (Å²) in [7, 11) is 1.69. The van der Waals surface area contributed by atoms with Crippen molar-refractivity contribution in [2.24, 2.45) is 7.05 Å². The van der Waals surface area contributed by atoms with E-state index in [1.165, 1.54) is 29.2 Å². The highest BCUT2D eigenvalue weighted by molar-refractivity contribution is 6.07. The van der Waals surface area contributed by atoms with Gasteiger partial charge in [-0.1, -0.05) is 12.1 Å². The number of halogens is 1. The summed E-state index contributed by atoms with van der Waals surface area (Å²) >= 11 is 0. The first kappa shape index (κ1) is 23.1. The summed E-state index contributed by atoms with van der Waals surface area (Å²) in [6.45, 7) is 10.7. The van der Waals surface area contributed by atoms with E-state index < -0.39 is 23.7 Å². The minimum atomic E-state index is -0.853. The molecule has 0 saturated carbocycles. The molecule has 6 nitrogen and oxygen atoms in total. The molecule has 0 spiro atoms. The maximum Gasteiger partial charge on any atom is 0.355 e. The summed E-state index contributed by atoms with van der Waals surface area (Å²) in [4.78, 5) is 40.0. The van der Waals surface area contributed by atoms with E-state index in [-0.39, 0.29) is 24.5 Å². The van der Waals surface area contributed by atoms with Crippen LogP contribution in [-0.4, -0.2) is 46.3 Å². The van der Waals surface area contributed by atoms with Crippen LogP contribution >= 0.6 is 0 Å². The van der Waals surface area contributed by atoms with Crippen molar-refractivity contribution in [3.8, 4) is 0 Å². The van der Waals surface area contributed by atoms with Crippen LogP contribution < -0.4 is 0 Å². The maximum atomic E-state index is 13.6. The monoisotopic (exact) mass is 414 g/mol. The van der Waals surface area contributed by atoms with E-state index >= 15 is 0 Å². The van der Waals surface area contributed by atoms with E-state index in [9.17, 15) is 18.8 Å². The Labute approximate surface area is 175 Å². The number of ether oxygens (including phenoxy) is 1. The van der Waals surface area contributed by atoms with Gasteiger partial charge in [0.05, 0.1) is 12.6 Å².